The number of ketones is 2. The SMILES string of the molecule is CC1(C)OC2COC(=O)C2O1.CC1(C)OC2COC(=O)C2O1.O=C1CC2C=CCC2O1.O=C1CC2CCCCC2C2(CCCCC2=O)C1.O=C1OCC2C=CCC12.O=C1OCC2CN(Cc3ccccc3)CC12. The summed E-state index contributed by atoms with van der Waals surface area (Å²) in [4.78, 5) is 81.4. The van der Waals surface area contributed by atoms with Crippen LogP contribution in [0.5, 0.6) is 0 Å². The molecular weight excluding hydrogens is 943 g/mol. The number of fused-ring (bicyclic) bond motifs is 7. The van der Waals surface area contributed by atoms with E-state index in [1.165, 1.54) is 31.2 Å². The summed E-state index contributed by atoms with van der Waals surface area (Å²) >= 11 is 0. The number of benzene rings is 1. The van der Waals surface area contributed by atoms with Gasteiger partial charge in [0.05, 0.1) is 31.5 Å². The highest BCUT2D eigenvalue weighted by Gasteiger charge is 2.54. The van der Waals surface area contributed by atoms with Crippen molar-refractivity contribution in [2.24, 2.45) is 46.8 Å². The van der Waals surface area contributed by atoms with E-state index in [2.05, 4.69) is 53.5 Å². The van der Waals surface area contributed by atoms with Gasteiger partial charge in [0.1, 0.15) is 43.1 Å². The van der Waals surface area contributed by atoms with Crippen molar-refractivity contribution in [1.82, 2.24) is 4.90 Å². The van der Waals surface area contributed by atoms with Crippen LogP contribution < -0.4 is 0 Å². The highest BCUT2D eigenvalue weighted by molar-refractivity contribution is 5.93. The molecule has 14 rings (SSSR count). The maximum absolute atomic E-state index is 12.4. The third-order valence-corrected chi connectivity index (χ3v) is 16.5. The van der Waals surface area contributed by atoms with Gasteiger partial charge in [-0.25, -0.2) is 9.59 Å². The average Bonchev–Trinajstić information content (AvgIpc) is 4.23. The first-order valence-electron chi connectivity index (χ1n) is 26.7. The van der Waals surface area contributed by atoms with Crippen molar-refractivity contribution in [2.75, 3.05) is 39.5 Å². The van der Waals surface area contributed by atoms with Gasteiger partial charge in [0, 0.05) is 68.5 Å². The molecule has 0 N–H and O–H groups in total. The van der Waals surface area contributed by atoms with Gasteiger partial charge in [-0.2, -0.15) is 0 Å². The summed E-state index contributed by atoms with van der Waals surface area (Å²) in [6.45, 7) is 11.8. The predicted octanol–water partition coefficient (Wildman–Crippen LogP) is 6.32. The minimum absolute atomic E-state index is 0.000520. The van der Waals surface area contributed by atoms with Crippen LogP contribution >= 0.6 is 0 Å². The molecule has 398 valence electrons. The molecule has 13 unspecified atom stereocenters. The molecule has 1 aromatic carbocycles. The van der Waals surface area contributed by atoms with E-state index < -0.39 is 23.8 Å². The topological polar surface area (TPSA) is 206 Å². The molecule has 0 amide bonds. The minimum Gasteiger partial charge on any atom is -0.465 e. The number of allylic oxidation sites excluding steroid dienone is 1. The van der Waals surface area contributed by atoms with Crippen molar-refractivity contribution < 1.29 is 76.2 Å². The lowest BCUT2D eigenvalue weighted by atomic mass is 9.52. The molecule has 5 aliphatic carbocycles. The van der Waals surface area contributed by atoms with Gasteiger partial charge in [-0.15, -0.1) is 0 Å². The van der Waals surface area contributed by atoms with E-state index in [4.69, 9.17) is 42.6 Å². The first-order chi connectivity index (χ1) is 35.0. The first-order valence-corrected chi connectivity index (χ1v) is 26.7. The number of rotatable bonds is 2. The molecule has 13 atom stereocenters. The number of carbonyl (C=O) groups excluding carboxylic acids is 7. The highest BCUT2D eigenvalue weighted by Crippen LogP contribution is 2.55. The maximum Gasteiger partial charge on any atom is 0.338 e. The number of Topliss-reactive ketones (excluding diaryl/α,β-unsaturated/α-hetero) is 2. The summed E-state index contributed by atoms with van der Waals surface area (Å²) in [5.41, 5.74) is 1.11. The number of carbonyl (C=O) groups is 7. The minimum atomic E-state index is -0.630. The smallest absolute Gasteiger partial charge is 0.338 e. The summed E-state index contributed by atoms with van der Waals surface area (Å²) in [5.74, 6) is 1.48. The van der Waals surface area contributed by atoms with Crippen LogP contribution in [-0.4, -0.2) is 128 Å². The Morgan fingerprint density at radius 3 is 1.86 bits per heavy atom. The Balaban J connectivity index is 0.000000110. The molecule has 73 heavy (non-hydrogen) atoms. The van der Waals surface area contributed by atoms with Crippen molar-refractivity contribution in [3.05, 3.63) is 60.2 Å². The molecule has 17 heteroatoms. The van der Waals surface area contributed by atoms with E-state index >= 15 is 0 Å². The molecule has 0 bridgehead atoms. The quantitative estimate of drug-likeness (QED) is 0.181. The summed E-state index contributed by atoms with van der Waals surface area (Å²) < 4.78 is 45.6. The second kappa shape index (κ2) is 22.6. The molecule has 11 fully saturated rings. The largest absolute Gasteiger partial charge is 0.465 e. The number of hydrogen-bond donors (Lipinski definition) is 0. The van der Waals surface area contributed by atoms with Crippen LogP contribution in [0.2, 0.25) is 0 Å². The average molecular weight is 1020 g/mol. The second-order valence-electron chi connectivity index (χ2n) is 22.6. The molecule has 8 saturated heterocycles. The fraction of sp³-hybridized carbons (Fsp3) is 0.696. The number of nitrogens with zero attached hydrogens (tertiary/aromatic N) is 1. The lowest BCUT2D eigenvalue weighted by molar-refractivity contribution is -0.178. The van der Waals surface area contributed by atoms with Crippen molar-refractivity contribution in [1.29, 1.82) is 0 Å². The molecular formula is C56H73NO16. The van der Waals surface area contributed by atoms with E-state index in [0.717, 1.165) is 64.6 Å². The Kier molecular flexibility index (Phi) is 16.4. The summed E-state index contributed by atoms with van der Waals surface area (Å²) in [6, 6.07) is 10.4. The fourth-order valence-electron chi connectivity index (χ4n) is 13.1. The Labute approximate surface area is 427 Å². The lowest BCUT2D eigenvalue weighted by Gasteiger charge is -2.50. The Bertz CT molecular complexity index is 2230. The number of hydrogen-bond acceptors (Lipinski definition) is 17. The van der Waals surface area contributed by atoms with Crippen molar-refractivity contribution >= 4 is 41.4 Å². The zero-order valence-electron chi connectivity index (χ0n) is 42.7. The Hall–Kier alpha value is -4.81. The monoisotopic (exact) mass is 1020 g/mol. The normalized spacial score (nSPS) is 38.1. The van der Waals surface area contributed by atoms with Crippen molar-refractivity contribution in [3.63, 3.8) is 0 Å². The van der Waals surface area contributed by atoms with Crippen LogP contribution in [0, 0.1) is 46.8 Å². The third-order valence-electron chi connectivity index (χ3n) is 16.5. The molecule has 13 aliphatic rings. The van der Waals surface area contributed by atoms with E-state index in [1.807, 2.05) is 6.07 Å². The fourth-order valence-corrected chi connectivity index (χ4v) is 13.1. The molecule has 0 radical (unpaired) electrons. The van der Waals surface area contributed by atoms with E-state index in [1.54, 1.807) is 27.7 Å². The second-order valence-corrected chi connectivity index (χ2v) is 22.6. The van der Waals surface area contributed by atoms with Crippen LogP contribution in [0.25, 0.3) is 0 Å². The summed E-state index contributed by atoms with van der Waals surface area (Å²) in [7, 11) is 0. The number of esters is 5. The van der Waals surface area contributed by atoms with Crippen molar-refractivity contribution in [2.45, 2.75) is 160 Å². The lowest BCUT2D eigenvalue weighted by Crippen LogP contribution is -2.50. The van der Waals surface area contributed by atoms with Gasteiger partial charge in [-0.3, -0.25) is 28.9 Å². The Morgan fingerprint density at radius 1 is 0.589 bits per heavy atom. The van der Waals surface area contributed by atoms with E-state index in [9.17, 15) is 33.6 Å². The standard InChI is InChI=1S/C15H22O2.C13H15NO2.2C7H10O4.2C7H8O2/c16-12-9-11-5-1-2-6-13(11)15(10-12)8-4-3-7-14(15)17;15-13-12-8-14(7-11(12)9-16-13)6-10-4-2-1-3-5-10;2*1-7(2)10-4-3-9-6(8)5(4)11-7;8-7-6-3-1-2-5(6)4-9-7;8-7-4-5-2-1-3-6(5)9-7/h11,13H,1-10H2;1-5,11-12H,6-9H2;2*4-5H,3H2,1-2H3;2*1-2,5-6H,3-4H2. The van der Waals surface area contributed by atoms with Crippen LogP contribution in [0.4, 0.5) is 0 Å². The number of ether oxygens (including phenoxy) is 9. The van der Waals surface area contributed by atoms with E-state index in [0.29, 0.717) is 80.4 Å². The van der Waals surface area contributed by atoms with Gasteiger partial charge >= 0.3 is 29.8 Å². The van der Waals surface area contributed by atoms with Crippen LogP contribution in [0.3, 0.4) is 0 Å². The molecule has 1 aromatic rings. The number of cyclic esters (lactones) is 4. The summed E-state index contributed by atoms with van der Waals surface area (Å²) in [5, 5.41) is 0. The molecule has 8 heterocycles. The third kappa shape index (κ3) is 12.5. The van der Waals surface area contributed by atoms with Crippen LogP contribution in [0.1, 0.15) is 117 Å². The zero-order valence-corrected chi connectivity index (χ0v) is 42.7. The van der Waals surface area contributed by atoms with Gasteiger partial charge in [-0.05, 0) is 77.2 Å². The maximum atomic E-state index is 12.4. The zero-order chi connectivity index (χ0) is 51.5. The van der Waals surface area contributed by atoms with Gasteiger partial charge in [0.15, 0.2) is 23.8 Å². The van der Waals surface area contributed by atoms with Crippen molar-refractivity contribution in [3.8, 4) is 0 Å². The first kappa shape index (κ1) is 53.0. The molecule has 3 saturated carbocycles. The van der Waals surface area contributed by atoms with Crippen LogP contribution in [0.15, 0.2) is 54.6 Å². The van der Waals surface area contributed by atoms with Gasteiger partial charge in [0.2, 0.25) is 0 Å². The molecule has 8 aliphatic heterocycles. The molecule has 0 aromatic heterocycles. The summed E-state index contributed by atoms with van der Waals surface area (Å²) in [6.07, 6.45) is 19.7. The molecule has 1 spiro atoms. The van der Waals surface area contributed by atoms with Gasteiger partial charge in [-0.1, -0.05) is 73.9 Å². The predicted molar refractivity (Wildman–Crippen MR) is 258 cm³/mol. The van der Waals surface area contributed by atoms with E-state index in [-0.39, 0.29) is 65.4 Å². The van der Waals surface area contributed by atoms with Gasteiger partial charge < -0.3 is 42.6 Å². The van der Waals surface area contributed by atoms with Crippen LogP contribution in [-0.2, 0) is 82.7 Å². The Morgan fingerprint density at radius 2 is 1.22 bits per heavy atom. The number of likely N-dealkylation sites (tertiary alicyclic amines) is 1. The molecule has 17 nitrogen and oxygen atoms in total. The van der Waals surface area contributed by atoms with Gasteiger partial charge in [0.25, 0.3) is 0 Å². The highest BCUT2D eigenvalue weighted by atomic mass is 16.8.